The lowest BCUT2D eigenvalue weighted by Crippen LogP contribution is -2.31. The first-order chi connectivity index (χ1) is 9.13. The first kappa shape index (κ1) is 14.5. The molecule has 0 aromatic carbocycles. The van der Waals surface area contributed by atoms with Gasteiger partial charge < -0.3 is 4.90 Å². The quantitative estimate of drug-likeness (QED) is 0.475. The SMILES string of the molecule is CC(=O)c1cc2c(s1)CCCN(CCCCCl)C2=O. The lowest BCUT2D eigenvalue weighted by atomic mass is 10.2. The van der Waals surface area contributed by atoms with Gasteiger partial charge in [0, 0.05) is 23.8 Å². The average molecular weight is 300 g/mol. The monoisotopic (exact) mass is 299 g/mol. The van der Waals surface area contributed by atoms with E-state index in [0.717, 1.165) is 49.2 Å². The zero-order valence-corrected chi connectivity index (χ0v) is 12.6. The zero-order valence-electron chi connectivity index (χ0n) is 11.1. The van der Waals surface area contributed by atoms with E-state index in [0.29, 0.717) is 10.8 Å². The summed E-state index contributed by atoms with van der Waals surface area (Å²) in [5, 5.41) is 0. The number of nitrogens with zero attached hydrogens (tertiary/aromatic N) is 1. The Morgan fingerprint density at radius 1 is 1.47 bits per heavy atom. The maximum Gasteiger partial charge on any atom is 0.255 e. The largest absolute Gasteiger partial charge is 0.339 e. The predicted octanol–water partition coefficient (Wildman–Crippen LogP) is 3.36. The maximum atomic E-state index is 12.5. The van der Waals surface area contributed by atoms with Crippen LogP contribution < -0.4 is 0 Å². The molecule has 5 heteroatoms. The molecule has 19 heavy (non-hydrogen) atoms. The van der Waals surface area contributed by atoms with Gasteiger partial charge in [0.1, 0.15) is 0 Å². The number of carbonyl (C=O) groups excluding carboxylic acids is 2. The molecule has 1 aromatic rings. The zero-order chi connectivity index (χ0) is 13.8. The fourth-order valence-corrected chi connectivity index (χ4v) is 3.56. The van der Waals surface area contributed by atoms with E-state index in [2.05, 4.69) is 0 Å². The number of carbonyl (C=O) groups is 2. The molecule has 0 bridgehead atoms. The third-order valence-corrected chi connectivity index (χ3v) is 4.88. The van der Waals surface area contributed by atoms with E-state index in [1.54, 1.807) is 13.0 Å². The molecule has 3 nitrogen and oxygen atoms in total. The van der Waals surface area contributed by atoms with Crippen LogP contribution in [0.4, 0.5) is 0 Å². The number of unbranched alkanes of at least 4 members (excludes halogenated alkanes) is 1. The highest BCUT2D eigenvalue weighted by Gasteiger charge is 2.25. The average Bonchev–Trinajstić information content (AvgIpc) is 2.75. The summed E-state index contributed by atoms with van der Waals surface area (Å²) in [6, 6.07) is 1.77. The summed E-state index contributed by atoms with van der Waals surface area (Å²) in [5.74, 6) is 0.755. The molecular weight excluding hydrogens is 282 g/mol. The Balaban J connectivity index is 2.15. The molecule has 1 amide bonds. The Hall–Kier alpha value is -0.870. The summed E-state index contributed by atoms with van der Waals surface area (Å²) in [5.41, 5.74) is 0.735. The molecule has 1 aromatic heterocycles. The number of alkyl halides is 1. The molecule has 2 rings (SSSR count). The second-order valence-electron chi connectivity index (χ2n) is 4.80. The van der Waals surface area contributed by atoms with Crippen molar-refractivity contribution in [2.75, 3.05) is 19.0 Å². The summed E-state index contributed by atoms with van der Waals surface area (Å²) < 4.78 is 0. The fourth-order valence-electron chi connectivity index (χ4n) is 2.28. The molecule has 1 aliphatic rings. The molecule has 0 saturated heterocycles. The Morgan fingerprint density at radius 3 is 2.95 bits per heavy atom. The number of Topliss-reactive ketones (excluding diaryl/α,β-unsaturated/α-hetero) is 1. The van der Waals surface area contributed by atoms with Gasteiger partial charge in [0.15, 0.2) is 5.78 Å². The van der Waals surface area contributed by atoms with Crippen LogP contribution >= 0.6 is 22.9 Å². The van der Waals surface area contributed by atoms with Crippen molar-refractivity contribution < 1.29 is 9.59 Å². The van der Waals surface area contributed by atoms with E-state index in [1.807, 2.05) is 4.90 Å². The van der Waals surface area contributed by atoms with Gasteiger partial charge in [0.2, 0.25) is 0 Å². The van der Waals surface area contributed by atoms with E-state index >= 15 is 0 Å². The van der Waals surface area contributed by atoms with Crippen LogP contribution in [-0.4, -0.2) is 35.6 Å². The lowest BCUT2D eigenvalue weighted by molar-refractivity contribution is 0.0759. The van der Waals surface area contributed by atoms with Gasteiger partial charge in [0.05, 0.1) is 10.4 Å². The van der Waals surface area contributed by atoms with Crippen LogP contribution in [0.2, 0.25) is 0 Å². The summed E-state index contributed by atoms with van der Waals surface area (Å²) in [7, 11) is 0. The summed E-state index contributed by atoms with van der Waals surface area (Å²) >= 11 is 7.14. The van der Waals surface area contributed by atoms with Crippen LogP contribution in [0.25, 0.3) is 0 Å². The number of hydrogen-bond acceptors (Lipinski definition) is 3. The molecule has 0 unspecified atom stereocenters. The first-order valence-corrected chi connectivity index (χ1v) is 7.97. The van der Waals surface area contributed by atoms with Crippen molar-refractivity contribution in [1.29, 1.82) is 0 Å². The molecule has 0 fully saturated rings. The number of fused-ring (bicyclic) bond motifs is 1. The van der Waals surface area contributed by atoms with Crippen molar-refractivity contribution in [3.63, 3.8) is 0 Å². The van der Waals surface area contributed by atoms with E-state index < -0.39 is 0 Å². The van der Waals surface area contributed by atoms with Gasteiger partial charge in [-0.2, -0.15) is 0 Å². The second kappa shape index (κ2) is 6.53. The molecule has 104 valence electrons. The van der Waals surface area contributed by atoms with Gasteiger partial charge in [-0.1, -0.05) is 0 Å². The van der Waals surface area contributed by atoms with E-state index in [-0.39, 0.29) is 11.7 Å². The molecule has 0 spiro atoms. The number of thiophene rings is 1. The highest BCUT2D eigenvalue weighted by Crippen LogP contribution is 2.28. The van der Waals surface area contributed by atoms with E-state index in [1.165, 1.54) is 11.3 Å². The molecule has 0 N–H and O–H groups in total. The molecule has 0 saturated carbocycles. The standard InChI is InChI=1S/C14H18ClNO2S/c1-10(17)13-9-11-12(19-13)5-4-8-16(14(11)18)7-3-2-6-15/h9H,2-8H2,1H3. The summed E-state index contributed by atoms with van der Waals surface area (Å²) in [6.45, 7) is 3.11. The predicted molar refractivity (Wildman–Crippen MR) is 78.5 cm³/mol. The Bertz CT molecular complexity index is 484. The molecule has 0 radical (unpaired) electrons. The molecular formula is C14H18ClNO2S. The van der Waals surface area contributed by atoms with Crippen molar-refractivity contribution in [3.05, 3.63) is 21.4 Å². The number of amides is 1. The maximum absolute atomic E-state index is 12.5. The molecule has 0 aliphatic carbocycles. The van der Waals surface area contributed by atoms with E-state index in [4.69, 9.17) is 11.6 Å². The number of hydrogen-bond donors (Lipinski definition) is 0. The van der Waals surface area contributed by atoms with Crippen molar-refractivity contribution in [2.45, 2.75) is 32.6 Å². The van der Waals surface area contributed by atoms with Crippen molar-refractivity contribution in [2.24, 2.45) is 0 Å². The number of ketones is 1. The smallest absolute Gasteiger partial charge is 0.255 e. The topological polar surface area (TPSA) is 37.4 Å². The summed E-state index contributed by atoms with van der Waals surface area (Å²) in [6.07, 6.45) is 3.73. The fraction of sp³-hybridized carbons (Fsp3) is 0.571. The van der Waals surface area contributed by atoms with Crippen LogP contribution in [0.3, 0.4) is 0 Å². The minimum Gasteiger partial charge on any atom is -0.339 e. The number of rotatable bonds is 5. The van der Waals surface area contributed by atoms with Gasteiger partial charge in [0.25, 0.3) is 5.91 Å². The van der Waals surface area contributed by atoms with Crippen LogP contribution in [-0.2, 0) is 6.42 Å². The normalized spacial score (nSPS) is 15.3. The minimum atomic E-state index is 0.0413. The molecule has 1 aliphatic heterocycles. The second-order valence-corrected chi connectivity index (χ2v) is 6.31. The highest BCUT2D eigenvalue weighted by molar-refractivity contribution is 7.14. The number of halogens is 1. The molecule has 2 heterocycles. The van der Waals surface area contributed by atoms with E-state index in [9.17, 15) is 9.59 Å². The highest BCUT2D eigenvalue weighted by atomic mass is 35.5. The summed E-state index contributed by atoms with van der Waals surface area (Å²) in [4.78, 5) is 27.5. The number of aryl methyl sites for hydroxylation is 1. The van der Waals surface area contributed by atoms with Gasteiger partial charge >= 0.3 is 0 Å². The van der Waals surface area contributed by atoms with Crippen molar-refractivity contribution >= 4 is 34.6 Å². The minimum absolute atomic E-state index is 0.0413. The van der Waals surface area contributed by atoms with Crippen LogP contribution in [0, 0.1) is 0 Å². The Morgan fingerprint density at radius 2 is 2.26 bits per heavy atom. The lowest BCUT2D eigenvalue weighted by Gasteiger charge is -2.20. The molecule has 0 atom stereocenters. The van der Waals surface area contributed by atoms with Gasteiger partial charge in [-0.25, -0.2) is 0 Å². The third kappa shape index (κ3) is 3.37. The first-order valence-electron chi connectivity index (χ1n) is 6.62. The van der Waals surface area contributed by atoms with Gasteiger partial charge in [-0.05, 0) is 38.7 Å². The Labute approximate surface area is 122 Å². The Kier molecular flexibility index (Phi) is 4.99. The van der Waals surface area contributed by atoms with Crippen LogP contribution in [0.1, 0.15) is 51.1 Å². The third-order valence-electron chi connectivity index (χ3n) is 3.32. The van der Waals surface area contributed by atoms with Crippen LogP contribution in [0.5, 0.6) is 0 Å². The van der Waals surface area contributed by atoms with Crippen LogP contribution in [0.15, 0.2) is 6.07 Å². The van der Waals surface area contributed by atoms with Gasteiger partial charge in [-0.15, -0.1) is 22.9 Å². The van der Waals surface area contributed by atoms with Crippen molar-refractivity contribution in [3.8, 4) is 0 Å². The van der Waals surface area contributed by atoms with Crippen molar-refractivity contribution in [1.82, 2.24) is 4.90 Å². The van der Waals surface area contributed by atoms with Gasteiger partial charge in [-0.3, -0.25) is 9.59 Å².